The van der Waals surface area contributed by atoms with Crippen molar-refractivity contribution in [2.24, 2.45) is 7.05 Å². The Bertz CT molecular complexity index is 674. The molecule has 0 aliphatic heterocycles. The average Bonchev–Trinajstić information content (AvgIpc) is 2.84. The number of carbonyl (C=O) groups excluding carboxylic acids is 1. The van der Waals surface area contributed by atoms with Crippen molar-refractivity contribution in [2.45, 2.75) is 26.3 Å². The van der Waals surface area contributed by atoms with E-state index in [9.17, 15) is 18.0 Å². The van der Waals surface area contributed by atoms with Crippen LogP contribution in [0.2, 0.25) is 0 Å². The van der Waals surface area contributed by atoms with E-state index >= 15 is 0 Å². The van der Waals surface area contributed by atoms with Crippen molar-refractivity contribution in [2.75, 3.05) is 6.61 Å². The van der Waals surface area contributed by atoms with Crippen LogP contribution in [0.25, 0.3) is 0 Å². The number of amides is 1. The molecule has 0 aliphatic carbocycles. The zero-order valence-corrected chi connectivity index (χ0v) is 13.4. The number of nitrogens with one attached hydrogen (secondary N) is 1. The van der Waals surface area contributed by atoms with Crippen LogP contribution in [-0.4, -0.2) is 28.2 Å². The zero-order chi connectivity index (χ0) is 17.7. The molecule has 0 radical (unpaired) electrons. The summed E-state index contributed by atoms with van der Waals surface area (Å²) in [4.78, 5) is 16.2. The van der Waals surface area contributed by atoms with Crippen LogP contribution in [0.4, 0.5) is 13.2 Å². The lowest BCUT2D eigenvalue weighted by Crippen LogP contribution is -2.25. The third-order valence-corrected chi connectivity index (χ3v) is 3.35. The minimum atomic E-state index is -4.33. The van der Waals surface area contributed by atoms with Crippen LogP contribution >= 0.6 is 0 Å². The topological polar surface area (TPSA) is 56.2 Å². The molecular formula is C16H18F3N3O2. The van der Waals surface area contributed by atoms with Gasteiger partial charge in [-0.05, 0) is 18.1 Å². The van der Waals surface area contributed by atoms with Gasteiger partial charge in [-0.3, -0.25) is 4.79 Å². The summed E-state index contributed by atoms with van der Waals surface area (Å²) in [5.41, 5.74) is 2.61. The number of alkyl halides is 3. The quantitative estimate of drug-likeness (QED) is 0.879. The SMILES string of the molecule is Cc1ncn(C)c1C(=O)NCc1ccc(COCC(F)(F)F)cc1. The highest BCUT2D eigenvalue weighted by Gasteiger charge is 2.27. The van der Waals surface area contributed by atoms with Gasteiger partial charge in [0.25, 0.3) is 5.91 Å². The summed E-state index contributed by atoms with van der Waals surface area (Å²) < 4.78 is 42.2. The molecule has 1 heterocycles. The Morgan fingerprint density at radius 2 is 1.88 bits per heavy atom. The van der Waals surface area contributed by atoms with Crippen LogP contribution in [0.3, 0.4) is 0 Å². The zero-order valence-electron chi connectivity index (χ0n) is 13.4. The summed E-state index contributed by atoms with van der Waals surface area (Å²) in [6.45, 7) is 0.688. The van der Waals surface area contributed by atoms with Crippen LogP contribution < -0.4 is 5.32 Å². The highest BCUT2D eigenvalue weighted by molar-refractivity contribution is 5.93. The maximum absolute atomic E-state index is 12.1. The van der Waals surface area contributed by atoms with Crippen molar-refractivity contribution in [1.82, 2.24) is 14.9 Å². The first-order chi connectivity index (χ1) is 11.3. The number of halogens is 3. The Morgan fingerprint density at radius 1 is 1.25 bits per heavy atom. The Kier molecular flexibility index (Phi) is 5.61. The van der Waals surface area contributed by atoms with Gasteiger partial charge in [0.1, 0.15) is 12.3 Å². The number of carbonyl (C=O) groups is 1. The van der Waals surface area contributed by atoms with E-state index in [4.69, 9.17) is 0 Å². The Hall–Kier alpha value is -2.35. The smallest absolute Gasteiger partial charge is 0.367 e. The van der Waals surface area contributed by atoms with Crippen molar-refractivity contribution in [1.29, 1.82) is 0 Å². The molecule has 1 amide bonds. The number of hydrogen-bond donors (Lipinski definition) is 1. The van der Waals surface area contributed by atoms with Gasteiger partial charge in [-0.15, -0.1) is 0 Å². The fourth-order valence-corrected chi connectivity index (χ4v) is 2.18. The normalized spacial score (nSPS) is 11.5. The highest BCUT2D eigenvalue weighted by Crippen LogP contribution is 2.16. The summed E-state index contributed by atoms with van der Waals surface area (Å²) >= 11 is 0. The van der Waals surface area contributed by atoms with Crippen LogP contribution in [-0.2, 0) is 24.9 Å². The molecule has 8 heteroatoms. The lowest BCUT2D eigenvalue weighted by Gasteiger charge is -2.09. The molecule has 130 valence electrons. The van der Waals surface area contributed by atoms with E-state index in [1.165, 1.54) is 0 Å². The molecule has 1 aromatic carbocycles. The molecule has 0 bridgehead atoms. The van der Waals surface area contributed by atoms with Crippen LogP contribution in [0.15, 0.2) is 30.6 Å². The summed E-state index contributed by atoms with van der Waals surface area (Å²) in [6, 6.07) is 6.83. The van der Waals surface area contributed by atoms with E-state index < -0.39 is 12.8 Å². The van der Waals surface area contributed by atoms with Gasteiger partial charge in [-0.1, -0.05) is 24.3 Å². The standard InChI is InChI=1S/C16H18F3N3O2/c1-11-14(22(2)10-21-11)15(23)20-7-12-3-5-13(6-4-12)8-24-9-16(17,18)19/h3-6,10H,7-9H2,1-2H3,(H,20,23). The van der Waals surface area contributed by atoms with Gasteiger partial charge < -0.3 is 14.6 Å². The molecule has 0 aliphatic rings. The summed E-state index contributed by atoms with van der Waals surface area (Å²) in [5.74, 6) is -0.231. The first kappa shape index (κ1) is 18.0. The van der Waals surface area contributed by atoms with Gasteiger partial charge in [0.2, 0.25) is 0 Å². The molecule has 1 aromatic heterocycles. The third-order valence-electron chi connectivity index (χ3n) is 3.35. The maximum Gasteiger partial charge on any atom is 0.411 e. The minimum absolute atomic E-state index is 0.111. The number of nitrogens with zero attached hydrogens (tertiary/aromatic N) is 2. The Morgan fingerprint density at radius 3 is 2.42 bits per heavy atom. The van der Waals surface area contributed by atoms with E-state index in [2.05, 4.69) is 15.0 Å². The number of imidazole rings is 1. The van der Waals surface area contributed by atoms with Crippen molar-refractivity contribution in [3.63, 3.8) is 0 Å². The molecule has 2 rings (SSSR count). The second-order valence-corrected chi connectivity index (χ2v) is 5.40. The second-order valence-electron chi connectivity index (χ2n) is 5.40. The molecule has 24 heavy (non-hydrogen) atoms. The highest BCUT2D eigenvalue weighted by atomic mass is 19.4. The molecule has 0 saturated carbocycles. The number of rotatable bonds is 6. The molecule has 0 spiro atoms. The molecule has 0 fully saturated rings. The summed E-state index contributed by atoms with van der Waals surface area (Å²) in [7, 11) is 1.74. The Labute approximate surface area is 137 Å². The second kappa shape index (κ2) is 7.48. The largest absolute Gasteiger partial charge is 0.411 e. The van der Waals surface area contributed by atoms with Crippen LogP contribution in [0.5, 0.6) is 0 Å². The van der Waals surface area contributed by atoms with Gasteiger partial charge >= 0.3 is 6.18 Å². The van der Waals surface area contributed by atoms with Crippen LogP contribution in [0, 0.1) is 6.92 Å². The number of benzene rings is 1. The van der Waals surface area contributed by atoms with E-state index in [1.54, 1.807) is 49.1 Å². The van der Waals surface area contributed by atoms with Crippen molar-refractivity contribution in [3.8, 4) is 0 Å². The monoisotopic (exact) mass is 341 g/mol. The molecule has 2 aromatic rings. The van der Waals surface area contributed by atoms with Gasteiger partial charge in [0.15, 0.2) is 0 Å². The van der Waals surface area contributed by atoms with E-state index in [0.29, 0.717) is 23.5 Å². The summed E-state index contributed by atoms with van der Waals surface area (Å²) in [5, 5.41) is 2.79. The number of hydrogen-bond acceptors (Lipinski definition) is 3. The van der Waals surface area contributed by atoms with Gasteiger partial charge in [-0.25, -0.2) is 4.98 Å². The fourth-order valence-electron chi connectivity index (χ4n) is 2.18. The molecule has 0 atom stereocenters. The predicted molar refractivity (Wildman–Crippen MR) is 81.3 cm³/mol. The van der Waals surface area contributed by atoms with E-state index in [-0.39, 0.29) is 12.5 Å². The maximum atomic E-state index is 12.1. The molecule has 1 N–H and O–H groups in total. The van der Waals surface area contributed by atoms with Gasteiger partial charge in [0.05, 0.1) is 18.6 Å². The third kappa shape index (κ3) is 5.09. The molecular weight excluding hydrogens is 323 g/mol. The lowest BCUT2D eigenvalue weighted by molar-refractivity contribution is -0.176. The average molecular weight is 341 g/mol. The van der Waals surface area contributed by atoms with Crippen molar-refractivity contribution < 1.29 is 22.7 Å². The molecule has 0 unspecified atom stereocenters. The Balaban J connectivity index is 1.85. The van der Waals surface area contributed by atoms with Crippen LogP contribution in [0.1, 0.15) is 27.3 Å². The van der Waals surface area contributed by atoms with E-state index in [1.807, 2.05) is 0 Å². The van der Waals surface area contributed by atoms with Crippen molar-refractivity contribution >= 4 is 5.91 Å². The number of aromatic nitrogens is 2. The number of ether oxygens (including phenoxy) is 1. The van der Waals surface area contributed by atoms with Gasteiger partial charge in [0, 0.05) is 13.6 Å². The lowest BCUT2D eigenvalue weighted by atomic mass is 10.1. The number of aryl methyl sites for hydroxylation is 2. The molecule has 5 nitrogen and oxygen atoms in total. The van der Waals surface area contributed by atoms with Crippen molar-refractivity contribution in [3.05, 3.63) is 53.1 Å². The molecule has 0 saturated heterocycles. The predicted octanol–water partition coefficient (Wildman–Crippen LogP) is 2.74. The summed E-state index contributed by atoms with van der Waals surface area (Å²) in [6.07, 6.45) is -2.76. The first-order valence-electron chi connectivity index (χ1n) is 7.24. The first-order valence-corrected chi connectivity index (χ1v) is 7.24. The minimum Gasteiger partial charge on any atom is -0.367 e. The van der Waals surface area contributed by atoms with Gasteiger partial charge in [-0.2, -0.15) is 13.2 Å². The van der Waals surface area contributed by atoms with E-state index in [0.717, 1.165) is 5.56 Å². The fraction of sp³-hybridized carbons (Fsp3) is 0.375.